The number of benzene rings is 1. The van der Waals surface area contributed by atoms with Crippen LogP contribution >= 0.6 is 11.3 Å². The maximum atomic E-state index is 7.35. The zero-order valence-electron chi connectivity index (χ0n) is 10.5. The van der Waals surface area contributed by atoms with Crippen LogP contribution in [0.2, 0.25) is 0 Å². The first kappa shape index (κ1) is 12.6. The molecule has 3 N–H and O–H groups in total. The van der Waals surface area contributed by atoms with Crippen molar-refractivity contribution < 1.29 is 0 Å². The largest absolute Gasteiger partial charge is 0.384 e. The summed E-state index contributed by atoms with van der Waals surface area (Å²) < 4.78 is 0. The predicted octanol–water partition coefficient (Wildman–Crippen LogP) is 2.37. The molecular formula is C13H16N4S. The van der Waals surface area contributed by atoms with E-state index in [1.165, 1.54) is 0 Å². The van der Waals surface area contributed by atoms with Gasteiger partial charge in [0.15, 0.2) is 0 Å². The topological polar surface area (TPSA) is 66.0 Å². The number of aromatic nitrogens is 1. The molecule has 5 heteroatoms. The van der Waals surface area contributed by atoms with E-state index in [0.717, 1.165) is 28.5 Å². The molecule has 0 saturated carbocycles. The third-order valence-corrected chi connectivity index (χ3v) is 3.61. The van der Waals surface area contributed by atoms with Gasteiger partial charge < -0.3 is 10.6 Å². The van der Waals surface area contributed by atoms with Gasteiger partial charge in [-0.1, -0.05) is 0 Å². The number of aryl methyl sites for hydroxylation is 1. The van der Waals surface area contributed by atoms with E-state index in [9.17, 15) is 0 Å². The molecule has 0 fully saturated rings. The van der Waals surface area contributed by atoms with Crippen molar-refractivity contribution in [3.8, 4) is 0 Å². The van der Waals surface area contributed by atoms with Crippen LogP contribution in [0.25, 0.3) is 0 Å². The standard InChI is InChI=1S/C13H16N4S/c1-9-8-18-12(16-9)7-17(2)11-5-3-10(4-6-11)13(14)15/h3-6,8H,7H2,1-2H3,(H3,14,15). The third-order valence-electron chi connectivity index (χ3n) is 2.66. The quantitative estimate of drug-likeness (QED) is 0.655. The van der Waals surface area contributed by atoms with Gasteiger partial charge in [-0.15, -0.1) is 11.3 Å². The minimum absolute atomic E-state index is 0.0970. The summed E-state index contributed by atoms with van der Waals surface area (Å²) in [5, 5.41) is 10.5. The Kier molecular flexibility index (Phi) is 3.62. The highest BCUT2D eigenvalue weighted by Crippen LogP contribution is 2.18. The second-order valence-corrected chi connectivity index (χ2v) is 5.14. The Hall–Kier alpha value is -1.88. The van der Waals surface area contributed by atoms with Gasteiger partial charge in [0.05, 0.1) is 6.54 Å². The van der Waals surface area contributed by atoms with Crippen molar-refractivity contribution in [3.05, 3.63) is 45.9 Å². The van der Waals surface area contributed by atoms with Crippen LogP contribution in [0, 0.1) is 12.3 Å². The molecule has 0 saturated heterocycles. The summed E-state index contributed by atoms with van der Waals surface area (Å²) in [6.07, 6.45) is 0. The van der Waals surface area contributed by atoms with Gasteiger partial charge in [0.2, 0.25) is 0 Å². The molecule has 1 aromatic carbocycles. The summed E-state index contributed by atoms with van der Waals surface area (Å²) in [6.45, 7) is 2.79. The third kappa shape index (κ3) is 2.87. The molecule has 0 aliphatic carbocycles. The highest BCUT2D eigenvalue weighted by Gasteiger charge is 2.05. The first-order chi connectivity index (χ1) is 8.56. The van der Waals surface area contributed by atoms with Crippen LogP contribution in [0.3, 0.4) is 0 Å². The molecule has 0 spiro atoms. The molecule has 1 heterocycles. The lowest BCUT2D eigenvalue weighted by Crippen LogP contribution is -2.17. The lowest BCUT2D eigenvalue weighted by atomic mass is 10.2. The molecule has 0 unspecified atom stereocenters. The van der Waals surface area contributed by atoms with E-state index >= 15 is 0 Å². The molecule has 0 radical (unpaired) electrons. The van der Waals surface area contributed by atoms with Crippen molar-refractivity contribution in [1.82, 2.24) is 4.98 Å². The van der Waals surface area contributed by atoms with Crippen LogP contribution in [0.15, 0.2) is 29.6 Å². The van der Waals surface area contributed by atoms with Crippen LogP contribution in [-0.2, 0) is 6.54 Å². The van der Waals surface area contributed by atoms with Crippen LogP contribution in [0.5, 0.6) is 0 Å². The zero-order chi connectivity index (χ0) is 13.1. The van der Waals surface area contributed by atoms with Gasteiger partial charge in [-0.05, 0) is 31.2 Å². The minimum atomic E-state index is 0.0970. The molecule has 0 aliphatic rings. The predicted molar refractivity (Wildman–Crippen MR) is 76.4 cm³/mol. The van der Waals surface area contributed by atoms with Gasteiger partial charge in [-0.2, -0.15) is 0 Å². The summed E-state index contributed by atoms with van der Waals surface area (Å²) in [4.78, 5) is 6.57. The average Bonchev–Trinajstić information content (AvgIpc) is 2.75. The van der Waals surface area contributed by atoms with Crippen LogP contribution in [0.4, 0.5) is 5.69 Å². The van der Waals surface area contributed by atoms with E-state index in [0.29, 0.717) is 0 Å². The number of nitrogens with one attached hydrogen (secondary N) is 1. The molecule has 1 aromatic heterocycles. The number of amidine groups is 1. The van der Waals surface area contributed by atoms with Gasteiger partial charge in [-0.3, -0.25) is 5.41 Å². The molecule has 2 aromatic rings. The fraction of sp³-hybridized carbons (Fsp3) is 0.231. The van der Waals surface area contributed by atoms with E-state index in [-0.39, 0.29) is 5.84 Å². The number of rotatable bonds is 4. The summed E-state index contributed by atoms with van der Waals surface area (Å²) >= 11 is 1.67. The Morgan fingerprint density at radius 3 is 2.56 bits per heavy atom. The number of hydrogen-bond donors (Lipinski definition) is 2. The molecule has 94 valence electrons. The molecule has 0 bridgehead atoms. The lowest BCUT2D eigenvalue weighted by Gasteiger charge is -2.18. The summed E-state index contributed by atoms with van der Waals surface area (Å²) in [6, 6.07) is 7.66. The van der Waals surface area contributed by atoms with Gasteiger partial charge in [-0.25, -0.2) is 4.98 Å². The van der Waals surface area contributed by atoms with Gasteiger partial charge in [0, 0.05) is 29.4 Å². The normalized spacial score (nSPS) is 10.3. The Labute approximate surface area is 111 Å². The molecule has 18 heavy (non-hydrogen) atoms. The maximum Gasteiger partial charge on any atom is 0.122 e. The number of anilines is 1. The smallest absolute Gasteiger partial charge is 0.122 e. The van der Waals surface area contributed by atoms with Gasteiger partial charge >= 0.3 is 0 Å². The monoisotopic (exact) mass is 260 g/mol. The Morgan fingerprint density at radius 1 is 1.39 bits per heavy atom. The van der Waals surface area contributed by atoms with Gasteiger partial charge in [0.1, 0.15) is 10.8 Å². The second kappa shape index (κ2) is 5.18. The van der Waals surface area contributed by atoms with Crippen molar-refractivity contribution in [2.75, 3.05) is 11.9 Å². The Morgan fingerprint density at radius 2 is 2.06 bits per heavy atom. The Bertz CT molecular complexity index is 544. The highest BCUT2D eigenvalue weighted by molar-refractivity contribution is 7.09. The summed E-state index contributed by atoms with van der Waals surface area (Å²) in [5.41, 5.74) is 8.33. The number of nitrogens with two attached hydrogens (primary N) is 1. The van der Waals surface area contributed by atoms with Crippen molar-refractivity contribution in [3.63, 3.8) is 0 Å². The first-order valence-electron chi connectivity index (χ1n) is 5.63. The van der Waals surface area contributed by atoms with Crippen molar-refractivity contribution >= 4 is 22.9 Å². The number of hydrogen-bond acceptors (Lipinski definition) is 4. The number of thiazole rings is 1. The molecule has 0 atom stereocenters. The fourth-order valence-corrected chi connectivity index (χ4v) is 2.49. The molecule has 2 rings (SSSR count). The Balaban J connectivity index is 2.09. The number of nitrogens with zero attached hydrogens (tertiary/aromatic N) is 2. The molecular weight excluding hydrogens is 244 g/mol. The van der Waals surface area contributed by atoms with Crippen LogP contribution in [0.1, 0.15) is 16.3 Å². The second-order valence-electron chi connectivity index (χ2n) is 4.20. The minimum Gasteiger partial charge on any atom is -0.384 e. The molecule has 4 nitrogen and oxygen atoms in total. The van der Waals surface area contributed by atoms with Crippen LogP contribution < -0.4 is 10.6 Å². The highest BCUT2D eigenvalue weighted by atomic mass is 32.1. The SMILES string of the molecule is Cc1csc(CN(C)c2ccc(C(=N)N)cc2)n1. The van der Waals surface area contributed by atoms with E-state index < -0.39 is 0 Å². The van der Waals surface area contributed by atoms with E-state index in [1.807, 2.05) is 38.2 Å². The lowest BCUT2D eigenvalue weighted by molar-refractivity contribution is 0.905. The van der Waals surface area contributed by atoms with E-state index in [4.69, 9.17) is 11.1 Å². The fourth-order valence-electron chi connectivity index (χ4n) is 1.66. The summed E-state index contributed by atoms with van der Waals surface area (Å²) in [7, 11) is 2.03. The summed E-state index contributed by atoms with van der Waals surface area (Å²) in [5.74, 6) is 0.0970. The number of nitrogen functional groups attached to an aromatic ring is 1. The van der Waals surface area contributed by atoms with Crippen molar-refractivity contribution in [2.45, 2.75) is 13.5 Å². The van der Waals surface area contributed by atoms with E-state index in [1.54, 1.807) is 11.3 Å². The maximum absolute atomic E-state index is 7.35. The van der Waals surface area contributed by atoms with Gasteiger partial charge in [0.25, 0.3) is 0 Å². The molecule has 0 aliphatic heterocycles. The van der Waals surface area contributed by atoms with Crippen molar-refractivity contribution in [1.29, 1.82) is 5.41 Å². The van der Waals surface area contributed by atoms with Crippen molar-refractivity contribution in [2.24, 2.45) is 5.73 Å². The first-order valence-corrected chi connectivity index (χ1v) is 6.51. The van der Waals surface area contributed by atoms with E-state index in [2.05, 4.69) is 15.3 Å². The average molecular weight is 260 g/mol. The van der Waals surface area contributed by atoms with Crippen LogP contribution in [-0.4, -0.2) is 17.9 Å². The molecule has 0 amide bonds. The zero-order valence-corrected chi connectivity index (χ0v) is 11.3.